The van der Waals surface area contributed by atoms with E-state index in [2.05, 4.69) is 4.98 Å². The molecule has 4 rings (SSSR count). The number of hydrogen-bond donors (Lipinski definition) is 1. The van der Waals surface area contributed by atoms with Crippen LogP contribution in [0.2, 0.25) is 5.02 Å². The fourth-order valence-electron chi connectivity index (χ4n) is 3.30. The number of rotatable bonds is 5. The van der Waals surface area contributed by atoms with E-state index in [4.69, 9.17) is 16.6 Å². The van der Waals surface area contributed by atoms with Gasteiger partial charge >= 0.3 is 0 Å². The SMILES string of the molecule is CC(=O)c1ccccc1-c1ccc2[nH]c(CCc3ccc(Cl)cc3)nc2c1. The fourth-order valence-corrected chi connectivity index (χ4v) is 3.43. The maximum atomic E-state index is 11.9. The van der Waals surface area contributed by atoms with Gasteiger partial charge in [0, 0.05) is 17.0 Å². The summed E-state index contributed by atoms with van der Waals surface area (Å²) in [6.45, 7) is 1.60. The predicted molar refractivity (Wildman–Crippen MR) is 110 cm³/mol. The molecule has 0 saturated heterocycles. The van der Waals surface area contributed by atoms with Crippen molar-refractivity contribution >= 4 is 28.4 Å². The maximum Gasteiger partial charge on any atom is 0.160 e. The van der Waals surface area contributed by atoms with Crippen molar-refractivity contribution < 1.29 is 4.79 Å². The van der Waals surface area contributed by atoms with Crippen LogP contribution in [0.4, 0.5) is 0 Å². The molecule has 27 heavy (non-hydrogen) atoms. The van der Waals surface area contributed by atoms with Gasteiger partial charge in [-0.15, -0.1) is 0 Å². The molecular formula is C23H19ClN2O. The van der Waals surface area contributed by atoms with Crippen molar-refractivity contribution in [3.8, 4) is 11.1 Å². The number of aromatic amines is 1. The first-order valence-corrected chi connectivity index (χ1v) is 9.31. The van der Waals surface area contributed by atoms with Crippen LogP contribution < -0.4 is 0 Å². The number of carbonyl (C=O) groups excluding carboxylic acids is 1. The number of aromatic nitrogens is 2. The highest BCUT2D eigenvalue weighted by Crippen LogP contribution is 2.27. The average molecular weight is 375 g/mol. The number of benzene rings is 3. The first-order valence-electron chi connectivity index (χ1n) is 8.93. The second-order valence-corrected chi connectivity index (χ2v) is 7.08. The lowest BCUT2D eigenvalue weighted by Crippen LogP contribution is -1.95. The van der Waals surface area contributed by atoms with E-state index in [1.54, 1.807) is 6.92 Å². The van der Waals surface area contributed by atoms with Crippen molar-refractivity contribution in [2.75, 3.05) is 0 Å². The molecule has 0 amide bonds. The van der Waals surface area contributed by atoms with Gasteiger partial charge in [-0.3, -0.25) is 4.79 Å². The van der Waals surface area contributed by atoms with Crippen LogP contribution in [-0.4, -0.2) is 15.8 Å². The van der Waals surface area contributed by atoms with Crippen LogP contribution in [0.3, 0.4) is 0 Å². The van der Waals surface area contributed by atoms with Crippen LogP contribution in [0.5, 0.6) is 0 Å². The van der Waals surface area contributed by atoms with Gasteiger partial charge in [0.15, 0.2) is 5.78 Å². The Hall–Kier alpha value is -2.91. The summed E-state index contributed by atoms with van der Waals surface area (Å²) >= 11 is 5.94. The minimum absolute atomic E-state index is 0.0661. The molecule has 1 heterocycles. The van der Waals surface area contributed by atoms with Gasteiger partial charge in [-0.2, -0.15) is 0 Å². The Morgan fingerprint density at radius 3 is 2.56 bits per heavy atom. The summed E-state index contributed by atoms with van der Waals surface area (Å²) in [5.74, 6) is 1.02. The Morgan fingerprint density at radius 2 is 1.78 bits per heavy atom. The third kappa shape index (κ3) is 3.79. The number of H-pyrrole nitrogens is 1. The number of hydrogen-bond acceptors (Lipinski definition) is 2. The van der Waals surface area contributed by atoms with Crippen LogP contribution in [0, 0.1) is 0 Å². The van der Waals surface area contributed by atoms with Crippen molar-refractivity contribution in [2.45, 2.75) is 19.8 Å². The molecule has 0 spiro atoms. The second kappa shape index (κ2) is 7.37. The van der Waals surface area contributed by atoms with Gasteiger partial charge in [-0.25, -0.2) is 4.98 Å². The lowest BCUT2D eigenvalue weighted by atomic mass is 9.97. The highest BCUT2D eigenvalue weighted by Gasteiger charge is 2.10. The predicted octanol–water partition coefficient (Wildman–Crippen LogP) is 5.87. The lowest BCUT2D eigenvalue weighted by molar-refractivity contribution is 0.101. The largest absolute Gasteiger partial charge is 0.342 e. The minimum Gasteiger partial charge on any atom is -0.342 e. The van der Waals surface area contributed by atoms with Gasteiger partial charge in [0.05, 0.1) is 11.0 Å². The van der Waals surface area contributed by atoms with Crippen LogP contribution in [0.15, 0.2) is 66.7 Å². The van der Waals surface area contributed by atoms with Gasteiger partial charge in [-0.05, 0) is 54.3 Å². The number of Topliss-reactive ketones (excluding diaryl/α,β-unsaturated/α-hetero) is 1. The molecule has 134 valence electrons. The molecule has 0 aliphatic heterocycles. The van der Waals surface area contributed by atoms with Gasteiger partial charge < -0.3 is 4.98 Å². The fraction of sp³-hybridized carbons (Fsp3) is 0.130. The maximum absolute atomic E-state index is 11.9. The minimum atomic E-state index is 0.0661. The molecule has 4 heteroatoms. The second-order valence-electron chi connectivity index (χ2n) is 6.64. The normalized spacial score (nSPS) is 11.0. The van der Waals surface area contributed by atoms with E-state index in [1.807, 2.05) is 66.7 Å². The van der Waals surface area contributed by atoms with Crippen molar-refractivity contribution in [2.24, 2.45) is 0 Å². The zero-order chi connectivity index (χ0) is 18.8. The molecule has 0 fully saturated rings. The first-order chi connectivity index (χ1) is 13.1. The Kier molecular flexibility index (Phi) is 4.78. The number of ketones is 1. The van der Waals surface area contributed by atoms with Crippen LogP contribution in [-0.2, 0) is 12.8 Å². The van der Waals surface area contributed by atoms with Crippen molar-refractivity contribution in [3.05, 3.63) is 88.7 Å². The molecule has 0 aliphatic carbocycles. The highest BCUT2D eigenvalue weighted by molar-refractivity contribution is 6.30. The molecule has 0 unspecified atom stereocenters. The number of aryl methyl sites for hydroxylation is 2. The third-order valence-corrected chi connectivity index (χ3v) is 4.97. The summed E-state index contributed by atoms with van der Waals surface area (Å²) in [6.07, 6.45) is 1.73. The smallest absolute Gasteiger partial charge is 0.160 e. The van der Waals surface area contributed by atoms with Crippen molar-refractivity contribution in [1.82, 2.24) is 9.97 Å². The molecule has 0 aliphatic rings. The van der Waals surface area contributed by atoms with E-state index in [1.165, 1.54) is 5.56 Å². The number of fused-ring (bicyclic) bond motifs is 1. The quantitative estimate of drug-likeness (QED) is 0.444. The molecule has 0 saturated carbocycles. The Morgan fingerprint density at radius 1 is 1.00 bits per heavy atom. The summed E-state index contributed by atoms with van der Waals surface area (Å²) < 4.78 is 0. The van der Waals surface area contributed by atoms with Crippen molar-refractivity contribution in [3.63, 3.8) is 0 Å². The van der Waals surface area contributed by atoms with Gasteiger partial charge in [-0.1, -0.05) is 54.1 Å². The van der Waals surface area contributed by atoms with Crippen molar-refractivity contribution in [1.29, 1.82) is 0 Å². The van der Waals surface area contributed by atoms with Gasteiger partial charge in [0.1, 0.15) is 5.82 Å². The summed E-state index contributed by atoms with van der Waals surface area (Å²) in [5, 5.41) is 0.751. The molecule has 1 aromatic heterocycles. The molecule has 4 aromatic rings. The monoisotopic (exact) mass is 374 g/mol. The van der Waals surface area contributed by atoms with Crippen LogP contribution in [0.1, 0.15) is 28.7 Å². The number of halogens is 1. The molecule has 0 atom stereocenters. The summed E-state index contributed by atoms with van der Waals surface area (Å²) in [4.78, 5) is 20.0. The topological polar surface area (TPSA) is 45.8 Å². The van der Waals surface area contributed by atoms with Gasteiger partial charge in [0.25, 0.3) is 0 Å². The standard InChI is InChI=1S/C23H19ClN2O/c1-15(27)19-4-2-3-5-20(19)17-9-12-21-22(14-17)26-23(25-21)13-8-16-6-10-18(24)11-7-16/h2-7,9-12,14H,8,13H2,1H3,(H,25,26). The zero-order valence-corrected chi connectivity index (χ0v) is 15.8. The molecule has 1 N–H and O–H groups in total. The summed E-state index contributed by atoms with van der Waals surface area (Å²) in [7, 11) is 0. The van der Waals surface area contributed by atoms with E-state index in [-0.39, 0.29) is 5.78 Å². The van der Waals surface area contributed by atoms with Gasteiger partial charge in [0.2, 0.25) is 0 Å². The molecule has 3 aromatic carbocycles. The lowest BCUT2D eigenvalue weighted by Gasteiger charge is -2.06. The van der Waals surface area contributed by atoms with Crippen LogP contribution >= 0.6 is 11.6 Å². The molecule has 3 nitrogen and oxygen atoms in total. The van der Waals surface area contributed by atoms with E-state index < -0.39 is 0 Å². The summed E-state index contributed by atoms with van der Waals surface area (Å²) in [6, 6.07) is 21.7. The molecule has 0 radical (unpaired) electrons. The Balaban J connectivity index is 1.60. The first kappa shape index (κ1) is 17.5. The highest BCUT2D eigenvalue weighted by atomic mass is 35.5. The number of imidazole rings is 1. The van der Waals surface area contributed by atoms with E-state index in [0.29, 0.717) is 0 Å². The van der Waals surface area contributed by atoms with E-state index in [0.717, 1.165) is 51.4 Å². The average Bonchev–Trinajstić information content (AvgIpc) is 3.09. The summed E-state index contributed by atoms with van der Waals surface area (Å²) in [5.41, 5.74) is 5.83. The Bertz CT molecular complexity index is 1110. The molecular weight excluding hydrogens is 356 g/mol. The van der Waals surface area contributed by atoms with Crippen LogP contribution in [0.25, 0.3) is 22.2 Å². The number of nitrogens with zero attached hydrogens (tertiary/aromatic N) is 1. The zero-order valence-electron chi connectivity index (χ0n) is 15.0. The van der Waals surface area contributed by atoms with E-state index in [9.17, 15) is 4.79 Å². The third-order valence-electron chi connectivity index (χ3n) is 4.71. The number of nitrogens with one attached hydrogen (secondary N) is 1. The molecule has 0 bridgehead atoms. The van der Waals surface area contributed by atoms with E-state index >= 15 is 0 Å². The Labute approximate surface area is 163 Å². The number of carbonyl (C=O) groups is 1.